The van der Waals surface area contributed by atoms with Gasteiger partial charge in [0.25, 0.3) is 0 Å². The van der Waals surface area contributed by atoms with Crippen molar-refractivity contribution in [3.05, 3.63) is 211 Å². The van der Waals surface area contributed by atoms with Crippen molar-refractivity contribution >= 4 is 76.5 Å². The van der Waals surface area contributed by atoms with E-state index in [1.165, 1.54) is 16.5 Å². The summed E-state index contributed by atoms with van der Waals surface area (Å²) in [5.41, 5.74) is 10.9. The molecule has 77 heavy (non-hydrogen) atoms. The van der Waals surface area contributed by atoms with Crippen LogP contribution >= 0.6 is 0 Å². The van der Waals surface area contributed by atoms with E-state index < -0.39 is 11.8 Å². The van der Waals surface area contributed by atoms with Gasteiger partial charge in [-0.25, -0.2) is 4.98 Å². The molecule has 11 aromatic rings. The summed E-state index contributed by atoms with van der Waals surface area (Å²) < 4.78 is 30.7. The number of benzene rings is 8. The molecular formula is C71H67N4OPt-3. The minimum atomic E-state index is -1.63. The molecule has 12 rings (SSSR count). The van der Waals surface area contributed by atoms with Crippen LogP contribution in [0.4, 0.5) is 11.4 Å². The molecule has 4 heterocycles. The van der Waals surface area contributed by atoms with Crippen molar-refractivity contribution in [2.24, 2.45) is 5.41 Å². The van der Waals surface area contributed by atoms with Gasteiger partial charge in [-0.05, 0) is 141 Å². The summed E-state index contributed by atoms with van der Waals surface area (Å²) in [7, 11) is 0. The molecule has 0 atom stereocenters. The Morgan fingerprint density at radius 1 is 0.519 bits per heavy atom. The largest absolute Gasteiger partial charge is 0.509 e. The van der Waals surface area contributed by atoms with Crippen molar-refractivity contribution in [3.63, 3.8) is 0 Å². The van der Waals surface area contributed by atoms with Crippen LogP contribution in [0.15, 0.2) is 170 Å². The van der Waals surface area contributed by atoms with Gasteiger partial charge in [-0.15, -0.1) is 35.7 Å². The summed E-state index contributed by atoms with van der Waals surface area (Å²) in [4.78, 5) is 7.13. The van der Waals surface area contributed by atoms with Crippen molar-refractivity contribution in [2.75, 3.05) is 4.90 Å². The number of fused-ring (bicyclic) bond motifs is 10. The summed E-state index contributed by atoms with van der Waals surface area (Å²) in [5, 5.41) is 8.95. The molecule has 0 saturated carbocycles. The van der Waals surface area contributed by atoms with Crippen molar-refractivity contribution in [1.82, 2.24) is 14.1 Å². The molecule has 5 nitrogen and oxygen atoms in total. The second-order valence-corrected chi connectivity index (χ2v) is 24.8. The smallest absolute Gasteiger partial charge is 0.135 e. The SMILES string of the molecule is [2H]C([2H])(c1cc(-c2cccc3c4ccccc4c4cc(C(C)(C)C)ccc4c4cccc5c4n(c23)[CH-]N5c2[c-]c(Oc3[c-]c4c(cc3)c3ccccc3n4-c3cc(C(C)(C)C)ccn3)ccc2)cc(C(C)(C)C)c1)C(C)(C)C.[Pt]. The van der Waals surface area contributed by atoms with E-state index in [0.717, 1.165) is 93.7 Å². The topological polar surface area (TPSA) is 35.2 Å². The zero-order valence-corrected chi connectivity index (χ0v) is 48.5. The Morgan fingerprint density at radius 2 is 1.13 bits per heavy atom. The Hall–Kier alpha value is -7.33. The average molecular weight is 1190 g/mol. The van der Waals surface area contributed by atoms with Crippen molar-refractivity contribution in [1.29, 1.82) is 0 Å². The number of rotatable bonds is 6. The molecule has 0 fully saturated rings. The maximum atomic E-state index is 9.64. The fourth-order valence-electron chi connectivity index (χ4n) is 11.1. The van der Waals surface area contributed by atoms with Crippen LogP contribution in [-0.4, -0.2) is 14.1 Å². The molecule has 0 unspecified atom stereocenters. The standard InChI is InChI=1S/C71H67N4O.Pt/c1-68(2,3)43-45-36-46(38-49(37-45)71(10,11)12)53-25-18-26-59-54-22-13-14-23-55(54)61-39-47(69(4,5)6)30-32-56(61)60-27-19-29-63-67(60)74(66(53)59)44-73(63)50-20-17-21-51(41-50)76-52-31-33-58-57-24-15-16-28-62(57)75(64(58)42-52)65-40-48(34-35-72-65)70(7,8)9;/h13-40,44H,43H2,1-12H3;/q-3;/i43D2;. The van der Waals surface area contributed by atoms with Crippen LogP contribution in [0, 0.1) is 24.2 Å². The molecule has 0 spiro atoms. The predicted molar refractivity (Wildman–Crippen MR) is 321 cm³/mol. The van der Waals surface area contributed by atoms with E-state index in [1.54, 1.807) is 0 Å². The van der Waals surface area contributed by atoms with E-state index in [2.05, 4.69) is 241 Å². The zero-order chi connectivity index (χ0) is 54.8. The first-order chi connectivity index (χ1) is 37.0. The van der Waals surface area contributed by atoms with Gasteiger partial charge in [0.1, 0.15) is 5.82 Å². The van der Waals surface area contributed by atoms with Crippen molar-refractivity contribution in [3.8, 4) is 28.4 Å². The minimum absolute atomic E-state index is 0. The van der Waals surface area contributed by atoms with Crippen LogP contribution in [0.2, 0.25) is 0 Å². The molecule has 8 aromatic carbocycles. The predicted octanol–water partition coefficient (Wildman–Crippen LogP) is 19.4. The summed E-state index contributed by atoms with van der Waals surface area (Å²) in [6.07, 6.45) is 0.273. The Labute approximate surface area is 471 Å². The molecule has 1 aliphatic rings. The molecule has 0 radical (unpaired) electrons. The van der Waals surface area contributed by atoms with E-state index >= 15 is 0 Å². The maximum absolute atomic E-state index is 9.64. The molecule has 390 valence electrons. The summed E-state index contributed by atoms with van der Waals surface area (Å²) in [6, 6.07) is 65.9. The van der Waals surface area contributed by atoms with Gasteiger partial charge >= 0.3 is 0 Å². The molecule has 1 aliphatic heterocycles. The molecule has 0 amide bonds. The third-order valence-electron chi connectivity index (χ3n) is 15.0. The third-order valence-corrected chi connectivity index (χ3v) is 15.0. The first-order valence-corrected chi connectivity index (χ1v) is 26.7. The van der Waals surface area contributed by atoms with Crippen LogP contribution in [0.25, 0.3) is 82.1 Å². The number of hydrogen-bond acceptors (Lipinski definition) is 3. The number of aromatic nitrogens is 3. The van der Waals surface area contributed by atoms with Gasteiger partial charge in [-0.2, -0.15) is 12.1 Å². The number of ether oxygens (including phenoxy) is 1. The molecule has 6 heteroatoms. The average Bonchev–Trinajstić information content (AvgIpc) is 4.16. The van der Waals surface area contributed by atoms with Crippen molar-refractivity contribution in [2.45, 2.75) is 106 Å². The molecule has 0 aliphatic carbocycles. The number of pyridine rings is 1. The monoisotopic (exact) mass is 1190 g/mol. The van der Waals surface area contributed by atoms with E-state index in [4.69, 9.17) is 9.72 Å². The Kier molecular flexibility index (Phi) is 12.1. The van der Waals surface area contributed by atoms with Crippen LogP contribution in [0.3, 0.4) is 0 Å². The molecule has 0 N–H and O–H groups in total. The van der Waals surface area contributed by atoms with Gasteiger partial charge in [0.05, 0.1) is 0 Å². The normalized spacial score (nSPS) is 13.5. The number of anilines is 2. The van der Waals surface area contributed by atoms with Crippen LogP contribution in [-0.2, 0) is 43.7 Å². The van der Waals surface area contributed by atoms with Crippen LogP contribution in [0.1, 0.15) is 108 Å². The second kappa shape index (κ2) is 19.0. The molecular weight excluding hydrogens is 1120 g/mol. The van der Waals surface area contributed by atoms with E-state index in [9.17, 15) is 2.74 Å². The summed E-state index contributed by atoms with van der Waals surface area (Å²) in [6.45, 7) is 28.3. The van der Waals surface area contributed by atoms with Crippen LogP contribution < -0.4 is 9.64 Å². The zero-order valence-electron chi connectivity index (χ0n) is 48.3. The fraction of sp³-hybridized carbons (Fsp3) is 0.239. The van der Waals surface area contributed by atoms with E-state index in [-0.39, 0.29) is 37.3 Å². The maximum Gasteiger partial charge on any atom is 0.135 e. The van der Waals surface area contributed by atoms with Crippen LogP contribution in [0.5, 0.6) is 11.5 Å². The molecule has 3 aromatic heterocycles. The number of para-hydroxylation sites is 3. The Balaban J connectivity index is 0.00000660. The second-order valence-electron chi connectivity index (χ2n) is 24.8. The third kappa shape index (κ3) is 9.45. The first-order valence-electron chi connectivity index (χ1n) is 27.7. The summed E-state index contributed by atoms with van der Waals surface area (Å²) >= 11 is 0. The number of nitrogens with zero attached hydrogens (tertiary/aromatic N) is 4. The van der Waals surface area contributed by atoms with Crippen molar-refractivity contribution < 1.29 is 28.5 Å². The van der Waals surface area contributed by atoms with Gasteiger partial charge in [0.2, 0.25) is 0 Å². The van der Waals surface area contributed by atoms with Gasteiger partial charge in [0, 0.05) is 52.7 Å². The molecule has 0 bridgehead atoms. The fourth-order valence-corrected chi connectivity index (χ4v) is 11.1. The number of hydrogen-bond donors (Lipinski definition) is 0. The van der Waals surface area contributed by atoms with Gasteiger partial charge in [-0.1, -0.05) is 203 Å². The van der Waals surface area contributed by atoms with E-state index in [0.29, 0.717) is 17.1 Å². The minimum Gasteiger partial charge on any atom is -0.509 e. The van der Waals surface area contributed by atoms with E-state index in [1.807, 2.05) is 45.2 Å². The Bertz CT molecular complexity index is 4310. The first kappa shape index (κ1) is 49.3. The quantitative estimate of drug-likeness (QED) is 0.156. The Morgan fingerprint density at radius 3 is 1.86 bits per heavy atom. The summed E-state index contributed by atoms with van der Waals surface area (Å²) in [5.74, 6) is 1.96. The van der Waals surface area contributed by atoms with Gasteiger partial charge in [-0.3, -0.25) is 0 Å². The van der Waals surface area contributed by atoms with Gasteiger partial charge in [0.15, 0.2) is 0 Å². The molecule has 0 saturated heterocycles. The van der Waals surface area contributed by atoms with Gasteiger partial charge < -0.3 is 18.8 Å².